The summed E-state index contributed by atoms with van der Waals surface area (Å²) in [7, 11) is 1.62. The molecule has 0 radical (unpaired) electrons. The molecule has 1 aromatic heterocycles. The lowest BCUT2D eigenvalue weighted by atomic mass is 10.1. The molecule has 3 rings (SSSR count). The van der Waals surface area contributed by atoms with Gasteiger partial charge in [0.25, 0.3) is 11.5 Å². The van der Waals surface area contributed by atoms with Crippen LogP contribution >= 0.6 is 28.1 Å². The van der Waals surface area contributed by atoms with Crippen molar-refractivity contribution in [1.82, 2.24) is 14.9 Å². The largest absolute Gasteiger partial charge is 0.385 e. The highest BCUT2D eigenvalue weighted by Crippen LogP contribution is 2.23. The molecule has 1 unspecified atom stereocenters. The first-order valence-corrected chi connectivity index (χ1v) is 10.4. The number of H-pyrrole nitrogens is 1. The molecule has 2 N–H and O–H groups in total. The lowest BCUT2D eigenvalue weighted by Crippen LogP contribution is -2.27. The Morgan fingerprint density at radius 3 is 2.79 bits per heavy atom. The van der Waals surface area contributed by atoms with Gasteiger partial charge in [0.05, 0.1) is 16.9 Å². The van der Waals surface area contributed by atoms with E-state index in [1.807, 2.05) is 31.2 Å². The van der Waals surface area contributed by atoms with Crippen LogP contribution < -0.4 is 10.9 Å². The molecule has 0 aliphatic heterocycles. The number of carbonyl (C=O) groups excluding carboxylic acids is 1. The maximum Gasteiger partial charge on any atom is 0.262 e. The molecular formula is C21H22BrN3O3S. The maximum absolute atomic E-state index is 12.8. The Kier molecular flexibility index (Phi) is 7.00. The smallest absolute Gasteiger partial charge is 0.262 e. The number of hydrogen-bond donors (Lipinski definition) is 2. The molecule has 0 saturated heterocycles. The number of nitrogens with one attached hydrogen (secondary N) is 2. The van der Waals surface area contributed by atoms with E-state index in [2.05, 4.69) is 26.2 Å². The van der Waals surface area contributed by atoms with E-state index in [0.717, 1.165) is 10.0 Å². The summed E-state index contributed by atoms with van der Waals surface area (Å²) < 4.78 is 7.82. The molecule has 0 aliphatic carbocycles. The molecule has 3 aromatic rings. The summed E-state index contributed by atoms with van der Waals surface area (Å²) in [6.07, 6.45) is 0.687. The highest BCUT2D eigenvalue weighted by molar-refractivity contribution is 9.10. The van der Waals surface area contributed by atoms with Crippen LogP contribution in [-0.2, 0) is 11.3 Å². The van der Waals surface area contributed by atoms with E-state index in [0.29, 0.717) is 40.8 Å². The van der Waals surface area contributed by atoms with Crippen molar-refractivity contribution in [2.45, 2.75) is 25.9 Å². The third-order valence-corrected chi connectivity index (χ3v) is 5.74. The minimum atomic E-state index is -0.223. The van der Waals surface area contributed by atoms with Crippen LogP contribution in [0.1, 0.15) is 35.3 Å². The van der Waals surface area contributed by atoms with Gasteiger partial charge in [-0.25, -0.2) is 0 Å². The van der Waals surface area contributed by atoms with Gasteiger partial charge in [0.1, 0.15) is 0 Å². The molecule has 8 heteroatoms. The van der Waals surface area contributed by atoms with Gasteiger partial charge in [0.2, 0.25) is 0 Å². The van der Waals surface area contributed by atoms with Crippen molar-refractivity contribution in [3.05, 3.63) is 73.2 Å². The summed E-state index contributed by atoms with van der Waals surface area (Å²) in [6.45, 7) is 2.95. The molecule has 6 nitrogen and oxygen atoms in total. The fourth-order valence-electron chi connectivity index (χ4n) is 3.15. The highest BCUT2D eigenvalue weighted by Gasteiger charge is 2.15. The molecule has 29 heavy (non-hydrogen) atoms. The number of hydrogen-bond acceptors (Lipinski definition) is 4. The first-order valence-electron chi connectivity index (χ1n) is 9.23. The van der Waals surface area contributed by atoms with Crippen LogP contribution in [0.2, 0.25) is 0 Å². The van der Waals surface area contributed by atoms with Crippen molar-refractivity contribution in [2.24, 2.45) is 0 Å². The van der Waals surface area contributed by atoms with E-state index in [4.69, 9.17) is 17.0 Å². The number of aromatic nitrogens is 2. The number of amides is 1. The Hall–Kier alpha value is -2.29. The van der Waals surface area contributed by atoms with E-state index in [1.165, 1.54) is 4.57 Å². The fourth-order valence-corrected chi connectivity index (χ4v) is 4.06. The number of nitrogens with zero attached hydrogens (tertiary/aromatic N) is 1. The van der Waals surface area contributed by atoms with Crippen LogP contribution in [0.25, 0.3) is 10.9 Å². The standard InChI is InChI=1S/C21H22BrN3O3S/c1-13(15-6-3-4-7-17(15)22)23-19(26)14-8-9-16-18(12-14)24-21(29)25(20(16)27)10-5-11-28-2/h3-4,6-9,12-13H,5,10-11H2,1-2H3,(H,23,26)(H,24,29). The van der Waals surface area contributed by atoms with Gasteiger partial charge in [0, 0.05) is 30.3 Å². The Morgan fingerprint density at radius 2 is 2.07 bits per heavy atom. The predicted molar refractivity (Wildman–Crippen MR) is 120 cm³/mol. The zero-order valence-corrected chi connectivity index (χ0v) is 18.6. The average molecular weight is 476 g/mol. The summed E-state index contributed by atoms with van der Waals surface area (Å²) in [5.74, 6) is -0.223. The molecule has 0 aliphatic rings. The highest BCUT2D eigenvalue weighted by atomic mass is 79.9. The molecule has 0 spiro atoms. The van der Waals surface area contributed by atoms with Crippen LogP contribution in [0.4, 0.5) is 0 Å². The van der Waals surface area contributed by atoms with Crippen LogP contribution in [0.3, 0.4) is 0 Å². The topological polar surface area (TPSA) is 76.1 Å². The summed E-state index contributed by atoms with van der Waals surface area (Å²) >= 11 is 8.84. The molecule has 1 heterocycles. The summed E-state index contributed by atoms with van der Waals surface area (Å²) in [4.78, 5) is 28.6. The first kappa shape index (κ1) is 21.4. The molecule has 2 aromatic carbocycles. The summed E-state index contributed by atoms with van der Waals surface area (Å²) in [6, 6.07) is 12.5. The maximum atomic E-state index is 12.8. The molecular weight excluding hydrogens is 454 g/mol. The molecule has 1 atom stereocenters. The second-order valence-electron chi connectivity index (χ2n) is 6.71. The zero-order chi connectivity index (χ0) is 21.0. The quantitative estimate of drug-likeness (QED) is 0.393. The fraction of sp³-hybridized carbons (Fsp3) is 0.286. The van der Waals surface area contributed by atoms with Gasteiger partial charge in [0.15, 0.2) is 4.77 Å². The van der Waals surface area contributed by atoms with Crippen LogP contribution in [0.15, 0.2) is 51.7 Å². The monoisotopic (exact) mass is 475 g/mol. The lowest BCUT2D eigenvalue weighted by Gasteiger charge is -2.16. The van der Waals surface area contributed by atoms with Crippen molar-refractivity contribution in [3.8, 4) is 0 Å². The van der Waals surface area contributed by atoms with Crippen molar-refractivity contribution in [2.75, 3.05) is 13.7 Å². The zero-order valence-electron chi connectivity index (χ0n) is 16.2. The number of ether oxygens (including phenoxy) is 1. The number of benzene rings is 2. The number of carbonyl (C=O) groups is 1. The third-order valence-electron chi connectivity index (χ3n) is 4.69. The van der Waals surface area contributed by atoms with Gasteiger partial charge >= 0.3 is 0 Å². The van der Waals surface area contributed by atoms with E-state index >= 15 is 0 Å². The summed E-state index contributed by atoms with van der Waals surface area (Å²) in [5, 5.41) is 3.48. The van der Waals surface area contributed by atoms with Crippen LogP contribution in [0, 0.1) is 4.77 Å². The second kappa shape index (κ2) is 9.47. The van der Waals surface area contributed by atoms with Crippen molar-refractivity contribution < 1.29 is 9.53 Å². The predicted octanol–water partition coefficient (Wildman–Crippen LogP) is 4.35. The number of halogens is 1. The van der Waals surface area contributed by atoms with Crippen molar-refractivity contribution >= 4 is 45.0 Å². The van der Waals surface area contributed by atoms with Crippen molar-refractivity contribution in [1.29, 1.82) is 0 Å². The number of rotatable bonds is 7. The minimum Gasteiger partial charge on any atom is -0.385 e. The molecule has 0 saturated carbocycles. The number of fused-ring (bicyclic) bond motifs is 1. The molecule has 1 amide bonds. The van der Waals surface area contributed by atoms with Gasteiger partial charge in [-0.1, -0.05) is 34.1 Å². The molecule has 0 bridgehead atoms. The van der Waals surface area contributed by atoms with Crippen LogP contribution in [0.5, 0.6) is 0 Å². The van der Waals surface area contributed by atoms with Gasteiger partial charge in [-0.15, -0.1) is 0 Å². The third kappa shape index (κ3) is 4.83. The van der Waals surface area contributed by atoms with Gasteiger partial charge in [-0.3, -0.25) is 14.2 Å². The summed E-state index contributed by atoms with van der Waals surface area (Å²) in [5.41, 5.74) is 1.82. The van der Waals surface area contributed by atoms with E-state index in [-0.39, 0.29) is 17.5 Å². The van der Waals surface area contributed by atoms with Gasteiger partial charge in [-0.2, -0.15) is 0 Å². The second-order valence-corrected chi connectivity index (χ2v) is 7.95. The molecule has 0 fully saturated rings. The Morgan fingerprint density at radius 1 is 1.31 bits per heavy atom. The SMILES string of the molecule is COCCCn1c(=S)[nH]c2cc(C(=O)NC(C)c3ccccc3Br)ccc2c1=O. The van der Waals surface area contributed by atoms with Crippen molar-refractivity contribution in [3.63, 3.8) is 0 Å². The van der Waals surface area contributed by atoms with Gasteiger partial charge in [-0.05, 0) is 55.4 Å². The van der Waals surface area contributed by atoms with Gasteiger partial charge < -0.3 is 15.0 Å². The molecule has 152 valence electrons. The number of methoxy groups -OCH3 is 1. The lowest BCUT2D eigenvalue weighted by molar-refractivity contribution is 0.0940. The van der Waals surface area contributed by atoms with E-state index in [1.54, 1.807) is 25.3 Å². The Bertz CT molecular complexity index is 1160. The van der Waals surface area contributed by atoms with E-state index < -0.39 is 0 Å². The Labute approximate surface area is 182 Å². The minimum absolute atomic E-state index is 0.173. The Balaban J connectivity index is 1.86. The average Bonchev–Trinajstić information content (AvgIpc) is 2.70. The van der Waals surface area contributed by atoms with E-state index in [9.17, 15) is 9.59 Å². The first-order chi connectivity index (χ1) is 13.9. The normalized spacial score (nSPS) is 12.1. The number of aromatic amines is 1. The van der Waals surface area contributed by atoms with Crippen LogP contribution in [-0.4, -0.2) is 29.2 Å².